The van der Waals surface area contributed by atoms with Crippen LogP contribution < -0.4 is 15.2 Å². The van der Waals surface area contributed by atoms with E-state index in [-0.39, 0.29) is 17.3 Å². The Bertz CT molecular complexity index is 489. The Labute approximate surface area is 133 Å². The molecule has 0 saturated carbocycles. The molecule has 0 radical (unpaired) electrons. The molecule has 122 valence electrons. The number of nitrogens with two attached hydrogens (primary N) is 1. The second kappa shape index (κ2) is 10.00. The van der Waals surface area contributed by atoms with Crippen molar-refractivity contribution >= 4 is 22.4 Å². The van der Waals surface area contributed by atoms with E-state index in [0.29, 0.717) is 37.8 Å². The van der Waals surface area contributed by atoms with Crippen LogP contribution in [0.25, 0.3) is 0 Å². The highest BCUT2D eigenvalue weighted by Crippen LogP contribution is 2.16. The molecule has 0 aliphatic carbocycles. The topological polar surface area (TPSA) is 81.4 Å². The molecule has 5 nitrogen and oxygen atoms in total. The van der Waals surface area contributed by atoms with Gasteiger partial charge in [0.25, 0.3) is 0 Å². The number of ether oxygens (including phenoxy) is 1. The normalized spacial score (nSPS) is 11.2. The number of halogens is 1. The van der Waals surface area contributed by atoms with E-state index >= 15 is 0 Å². The molecule has 1 aromatic carbocycles. The SMILES string of the molecule is CC(C)CCOc1ccc(S(=O)(=O)NCCCN)cc1.Cl. The largest absolute Gasteiger partial charge is 0.494 e. The average molecular weight is 337 g/mol. The smallest absolute Gasteiger partial charge is 0.240 e. The number of rotatable bonds is 9. The van der Waals surface area contributed by atoms with Crippen LogP contribution in [0.4, 0.5) is 0 Å². The molecule has 1 rings (SSSR count). The van der Waals surface area contributed by atoms with Gasteiger partial charge >= 0.3 is 0 Å². The third kappa shape index (κ3) is 7.66. The van der Waals surface area contributed by atoms with Crippen molar-refractivity contribution in [2.24, 2.45) is 11.7 Å². The molecule has 0 heterocycles. The second-order valence-electron chi connectivity index (χ2n) is 5.04. The minimum atomic E-state index is -3.44. The maximum absolute atomic E-state index is 11.9. The molecule has 7 heteroatoms. The molecular formula is C14H25ClN2O3S. The van der Waals surface area contributed by atoms with Crippen molar-refractivity contribution in [3.8, 4) is 5.75 Å². The predicted octanol–water partition coefficient (Wildman–Crippen LogP) is 2.16. The summed E-state index contributed by atoms with van der Waals surface area (Å²) < 4.78 is 31.9. The number of sulfonamides is 1. The first-order chi connectivity index (χ1) is 9.45. The number of nitrogens with one attached hydrogen (secondary N) is 1. The van der Waals surface area contributed by atoms with Crippen LogP contribution in [-0.2, 0) is 10.0 Å². The van der Waals surface area contributed by atoms with Gasteiger partial charge < -0.3 is 10.5 Å². The standard InChI is InChI=1S/C14H24N2O3S.ClH/c1-12(2)8-11-19-13-4-6-14(7-5-13)20(17,18)16-10-3-9-15;/h4-7,12,16H,3,8-11,15H2,1-2H3;1H. The first-order valence-corrected chi connectivity index (χ1v) is 8.36. The summed E-state index contributed by atoms with van der Waals surface area (Å²) in [5, 5.41) is 0. The van der Waals surface area contributed by atoms with E-state index in [1.165, 1.54) is 0 Å². The van der Waals surface area contributed by atoms with Crippen molar-refractivity contribution in [1.82, 2.24) is 4.72 Å². The lowest BCUT2D eigenvalue weighted by Gasteiger charge is -2.09. The van der Waals surface area contributed by atoms with Crippen molar-refractivity contribution in [3.63, 3.8) is 0 Å². The maximum Gasteiger partial charge on any atom is 0.240 e. The fourth-order valence-corrected chi connectivity index (χ4v) is 2.59. The molecular weight excluding hydrogens is 312 g/mol. The lowest BCUT2D eigenvalue weighted by Crippen LogP contribution is -2.26. The molecule has 0 unspecified atom stereocenters. The molecule has 1 aromatic rings. The summed E-state index contributed by atoms with van der Waals surface area (Å²) in [5.74, 6) is 1.27. The van der Waals surface area contributed by atoms with E-state index in [9.17, 15) is 8.42 Å². The van der Waals surface area contributed by atoms with E-state index in [2.05, 4.69) is 18.6 Å². The number of hydrogen-bond donors (Lipinski definition) is 2. The highest BCUT2D eigenvalue weighted by Gasteiger charge is 2.12. The Morgan fingerprint density at radius 1 is 1.24 bits per heavy atom. The number of benzene rings is 1. The molecule has 0 atom stereocenters. The van der Waals surface area contributed by atoms with Gasteiger partial charge in [0.1, 0.15) is 5.75 Å². The van der Waals surface area contributed by atoms with Crippen molar-refractivity contribution in [2.75, 3.05) is 19.7 Å². The van der Waals surface area contributed by atoms with Crippen LogP contribution in [-0.4, -0.2) is 28.1 Å². The highest BCUT2D eigenvalue weighted by atomic mass is 35.5. The fourth-order valence-electron chi connectivity index (χ4n) is 1.52. The van der Waals surface area contributed by atoms with Gasteiger partial charge in [-0.05, 0) is 49.6 Å². The summed E-state index contributed by atoms with van der Waals surface area (Å²) in [7, 11) is -3.44. The van der Waals surface area contributed by atoms with Gasteiger partial charge in [-0.3, -0.25) is 0 Å². The quantitative estimate of drug-likeness (QED) is 0.677. The van der Waals surface area contributed by atoms with Crippen molar-refractivity contribution in [1.29, 1.82) is 0 Å². The first-order valence-electron chi connectivity index (χ1n) is 6.88. The van der Waals surface area contributed by atoms with Crippen LogP contribution in [0.3, 0.4) is 0 Å². The number of hydrogen-bond acceptors (Lipinski definition) is 4. The third-order valence-corrected chi connectivity index (χ3v) is 4.25. The zero-order valence-electron chi connectivity index (χ0n) is 12.5. The average Bonchev–Trinajstić information content (AvgIpc) is 2.39. The van der Waals surface area contributed by atoms with Crippen LogP contribution in [0, 0.1) is 5.92 Å². The van der Waals surface area contributed by atoms with Crippen LogP contribution in [0.2, 0.25) is 0 Å². The minimum absolute atomic E-state index is 0. The third-order valence-electron chi connectivity index (χ3n) is 2.77. The maximum atomic E-state index is 11.9. The van der Waals surface area contributed by atoms with Gasteiger partial charge in [-0.2, -0.15) is 0 Å². The molecule has 0 aliphatic heterocycles. The zero-order valence-corrected chi connectivity index (χ0v) is 14.2. The van der Waals surface area contributed by atoms with Crippen LogP contribution >= 0.6 is 12.4 Å². The van der Waals surface area contributed by atoms with E-state index in [1.807, 2.05) is 0 Å². The van der Waals surface area contributed by atoms with Gasteiger partial charge in [-0.1, -0.05) is 13.8 Å². The molecule has 0 fully saturated rings. The predicted molar refractivity (Wildman–Crippen MR) is 87.5 cm³/mol. The van der Waals surface area contributed by atoms with Gasteiger partial charge in [0.05, 0.1) is 11.5 Å². The lowest BCUT2D eigenvalue weighted by molar-refractivity contribution is 0.289. The van der Waals surface area contributed by atoms with Crippen LogP contribution in [0.1, 0.15) is 26.7 Å². The molecule has 0 aromatic heterocycles. The monoisotopic (exact) mass is 336 g/mol. The summed E-state index contributed by atoms with van der Waals surface area (Å²) in [6.07, 6.45) is 1.59. The molecule has 0 spiro atoms. The van der Waals surface area contributed by atoms with Crippen molar-refractivity contribution in [3.05, 3.63) is 24.3 Å². The van der Waals surface area contributed by atoms with E-state index in [0.717, 1.165) is 6.42 Å². The minimum Gasteiger partial charge on any atom is -0.494 e. The summed E-state index contributed by atoms with van der Waals surface area (Å²) in [5.41, 5.74) is 5.33. The molecule has 3 N–H and O–H groups in total. The van der Waals surface area contributed by atoms with E-state index < -0.39 is 10.0 Å². The zero-order chi connectivity index (χ0) is 15.0. The summed E-state index contributed by atoms with van der Waals surface area (Å²) in [6, 6.07) is 6.46. The van der Waals surface area contributed by atoms with Crippen LogP contribution in [0.15, 0.2) is 29.2 Å². The van der Waals surface area contributed by atoms with E-state index in [1.54, 1.807) is 24.3 Å². The van der Waals surface area contributed by atoms with Gasteiger partial charge in [0, 0.05) is 6.54 Å². The Balaban J connectivity index is 0.00000400. The molecule has 0 amide bonds. The summed E-state index contributed by atoms with van der Waals surface area (Å²) >= 11 is 0. The Kier molecular flexibility index (Phi) is 9.61. The summed E-state index contributed by atoms with van der Waals surface area (Å²) in [4.78, 5) is 0.241. The van der Waals surface area contributed by atoms with Crippen molar-refractivity contribution in [2.45, 2.75) is 31.6 Å². The molecule has 0 saturated heterocycles. The summed E-state index contributed by atoms with van der Waals surface area (Å²) in [6.45, 7) is 5.72. The Hall–Kier alpha value is -0.820. The van der Waals surface area contributed by atoms with Gasteiger partial charge in [0.2, 0.25) is 10.0 Å². The highest BCUT2D eigenvalue weighted by molar-refractivity contribution is 7.89. The van der Waals surface area contributed by atoms with Gasteiger partial charge in [-0.15, -0.1) is 12.4 Å². The van der Waals surface area contributed by atoms with Crippen LogP contribution in [0.5, 0.6) is 5.75 Å². The molecule has 0 aliphatic rings. The lowest BCUT2D eigenvalue weighted by atomic mass is 10.1. The molecule has 21 heavy (non-hydrogen) atoms. The second-order valence-corrected chi connectivity index (χ2v) is 6.81. The van der Waals surface area contributed by atoms with Gasteiger partial charge in [-0.25, -0.2) is 13.1 Å². The van der Waals surface area contributed by atoms with Crippen molar-refractivity contribution < 1.29 is 13.2 Å². The van der Waals surface area contributed by atoms with E-state index in [4.69, 9.17) is 10.5 Å². The first kappa shape index (κ1) is 20.2. The Morgan fingerprint density at radius 3 is 2.38 bits per heavy atom. The fraction of sp³-hybridized carbons (Fsp3) is 0.571. The van der Waals surface area contributed by atoms with Gasteiger partial charge in [0.15, 0.2) is 0 Å². The molecule has 0 bridgehead atoms. The Morgan fingerprint density at radius 2 is 1.86 bits per heavy atom.